The van der Waals surface area contributed by atoms with Gasteiger partial charge in [-0.15, -0.1) is 0 Å². The third kappa shape index (κ3) is 0.831. The van der Waals surface area contributed by atoms with Crippen LogP contribution in [0.1, 0.15) is 10.6 Å². The van der Waals surface area contributed by atoms with Crippen LogP contribution < -0.4 is 0 Å². The second-order valence-corrected chi connectivity index (χ2v) is 2.01. The van der Waals surface area contributed by atoms with Crippen molar-refractivity contribution in [3.8, 4) is 0 Å². The van der Waals surface area contributed by atoms with Crippen molar-refractivity contribution in [2.24, 2.45) is 0 Å². The summed E-state index contributed by atoms with van der Waals surface area (Å²) in [5.74, 6) is -0.492. The number of aromatic nitrogens is 4. The molecule has 2 rings (SSSR count). The van der Waals surface area contributed by atoms with Gasteiger partial charge in [0.25, 0.3) is 0 Å². The maximum Gasteiger partial charge on any atom is 0.374 e. The topological polar surface area (TPSA) is 93.9 Å². The predicted molar refractivity (Wildman–Crippen MR) is 35.3 cm³/mol. The number of ether oxygens (including phenoxy) is 1. The first-order valence-corrected chi connectivity index (χ1v) is 3.08. The van der Waals surface area contributed by atoms with Crippen molar-refractivity contribution in [3.63, 3.8) is 0 Å². The molecule has 0 aliphatic heterocycles. The molecule has 0 aliphatic rings. The molecule has 0 saturated heterocycles. The summed E-state index contributed by atoms with van der Waals surface area (Å²) in [5, 5.41) is 6.86. The molecule has 1 N–H and O–H groups in total. The molecule has 0 saturated carbocycles. The second kappa shape index (κ2) is 2.29. The summed E-state index contributed by atoms with van der Waals surface area (Å²) in [6.07, 6.45) is 0. The van der Waals surface area contributed by atoms with Crippen molar-refractivity contribution in [2.45, 2.75) is 0 Å². The molecule has 0 fully saturated rings. The maximum atomic E-state index is 10.9. The Kier molecular flexibility index (Phi) is 1.29. The molecule has 0 aromatic carbocycles. The van der Waals surface area contributed by atoms with Crippen LogP contribution in [0.25, 0.3) is 11.3 Å². The van der Waals surface area contributed by atoms with E-state index in [0.29, 0.717) is 5.65 Å². The van der Waals surface area contributed by atoms with Crippen LogP contribution in [0.15, 0.2) is 4.63 Å². The number of fused-ring (bicyclic) bond motifs is 1. The lowest BCUT2D eigenvalue weighted by Gasteiger charge is -1.89. The molecule has 0 radical (unpaired) electrons. The summed E-state index contributed by atoms with van der Waals surface area (Å²) >= 11 is 0. The number of nitrogens with zero attached hydrogens (tertiary/aromatic N) is 3. The van der Waals surface area contributed by atoms with E-state index in [9.17, 15) is 4.79 Å². The van der Waals surface area contributed by atoms with Gasteiger partial charge in [0.1, 0.15) is 0 Å². The molecule has 2 aromatic heterocycles. The van der Waals surface area contributed by atoms with Crippen molar-refractivity contribution in [2.75, 3.05) is 7.11 Å². The van der Waals surface area contributed by atoms with Gasteiger partial charge in [0, 0.05) is 0 Å². The maximum absolute atomic E-state index is 10.9. The molecule has 0 spiro atoms. The zero-order valence-corrected chi connectivity index (χ0v) is 6.07. The SMILES string of the molecule is COC(=O)c1nc2nonc2[nH]1. The number of hydrogen-bond acceptors (Lipinski definition) is 6. The molecule has 0 amide bonds. The first-order chi connectivity index (χ1) is 5.81. The van der Waals surface area contributed by atoms with Crippen LogP contribution in [0.2, 0.25) is 0 Å². The van der Waals surface area contributed by atoms with Gasteiger partial charge >= 0.3 is 5.97 Å². The molecule has 12 heavy (non-hydrogen) atoms. The van der Waals surface area contributed by atoms with Crippen molar-refractivity contribution in [1.29, 1.82) is 0 Å². The van der Waals surface area contributed by atoms with E-state index in [1.807, 2.05) is 0 Å². The minimum Gasteiger partial charge on any atom is -0.463 e. The molecule has 0 aliphatic carbocycles. The molecule has 62 valence electrons. The Morgan fingerprint density at radius 1 is 1.58 bits per heavy atom. The third-order valence-electron chi connectivity index (χ3n) is 1.30. The van der Waals surface area contributed by atoms with E-state index in [0.717, 1.165) is 0 Å². The normalized spacial score (nSPS) is 10.4. The Morgan fingerprint density at radius 2 is 2.42 bits per heavy atom. The Hall–Kier alpha value is -1.92. The first kappa shape index (κ1) is 6.77. The number of imidazole rings is 1. The van der Waals surface area contributed by atoms with Gasteiger partial charge in [-0.2, -0.15) is 4.98 Å². The minimum atomic E-state index is -0.560. The lowest BCUT2D eigenvalue weighted by Crippen LogP contribution is -2.03. The highest BCUT2D eigenvalue weighted by Crippen LogP contribution is 2.05. The third-order valence-corrected chi connectivity index (χ3v) is 1.30. The number of nitrogens with one attached hydrogen (secondary N) is 1. The number of aromatic amines is 1. The van der Waals surface area contributed by atoms with Crippen LogP contribution >= 0.6 is 0 Å². The molecular weight excluding hydrogens is 164 g/mol. The van der Waals surface area contributed by atoms with Gasteiger partial charge in [0.2, 0.25) is 17.1 Å². The Labute approximate surface area is 65.7 Å². The molecular formula is C5H4N4O3. The summed E-state index contributed by atoms with van der Waals surface area (Å²) in [4.78, 5) is 17.2. The quantitative estimate of drug-likeness (QED) is 0.589. The van der Waals surface area contributed by atoms with Gasteiger partial charge < -0.3 is 9.72 Å². The summed E-state index contributed by atoms with van der Waals surface area (Å²) in [7, 11) is 1.26. The minimum absolute atomic E-state index is 0.0679. The van der Waals surface area contributed by atoms with E-state index in [4.69, 9.17) is 0 Å². The largest absolute Gasteiger partial charge is 0.463 e. The highest BCUT2D eigenvalue weighted by atomic mass is 16.6. The average Bonchev–Trinajstić information content (AvgIpc) is 2.60. The highest BCUT2D eigenvalue weighted by Gasteiger charge is 2.13. The van der Waals surface area contributed by atoms with Crippen LogP contribution in [0.3, 0.4) is 0 Å². The molecule has 0 unspecified atom stereocenters. The van der Waals surface area contributed by atoms with Crippen molar-refractivity contribution >= 4 is 17.3 Å². The number of H-pyrrole nitrogens is 1. The van der Waals surface area contributed by atoms with Crippen molar-refractivity contribution in [3.05, 3.63) is 5.82 Å². The van der Waals surface area contributed by atoms with E-state index in [1.165, 1.54) is 7.11 Å². The molecule has 2 aromatic rings. The molecule has 0 bridgehead atoms. The monoisotopic (exact) mass is 168 g/mol. The van der Waals surface area contributed by atoms with E-state index in [-0.39, 0.29) is 11.5 Å². The van der Waals surface area contributed by atoms with Gasteiger partial charge in [-0.1, -0.05) is 0 Å². The number of esters is 1. The van der Waals surface area contributed by atoms with Crippen LogP contribution in [0.5, 0.6) is 0 Å². The molecule has 0 atom stereocenters. The van der Waals surface area contributed by atoms with Gasteiger partial charge in [-0.3, -0.25) is 0 Å². The fourth-order valence-electron chi connectivity index (χ4n) is 0.775. The zero-order valence-electron chi connectivity index (χ0n) is 6.07. The fourth-order valence-corrected chi connectivity index (χ4v) is 0.775. The number of carbonyl (C=O) groups excluding carboxylic acids is 1. The van der Waals surface area contributed by atoms with Crippen molar-refractivity contribution in [1.82, 2.24) is 20.3 Å². The smallest absolute Gasteiger partial charge is 0.374 e. The van der Waals surface area contributed by atoms with E-state index < -0.39 is 5.97 Å². The standard InChI is InChI=1S/C5H4N4O3/c1-11-5(10)4-6-2-3(7-4)9-12-8-2/h1H3,(H,6,7,8,9). The van der Waals surface area contributed by atoms with Crippen LogP contribution in [-0.2, 0) is 4.74 Å². The number of rotatable bonds is 1. The summed E-state index contributed by atoms with van der Waals surface area (Å²) < 4.78 is 8.74. The van der Waals surface area contributed by atoms with E-state index >= 15 is 0 Å². The lowest BCUT2D eigenvalue weighted by atomic mass is 10.6. The highest BCUT2D eigenvalue weighted by molar-refractivity contribution is 5.88. The summed E-state index contributed by atoms with van der Waals surface area (Å²) in [6.45, 7) is 0. The van der Waals surface area contributed by atoms with E-state index in [1.54, 1.807) is 0 Å². The Balaban J connectivity index is 2.51. The van der Waals surface area contributed by atoms with Crippen LogP contribution in [-0.4, -0.2) is 33.4 Å². The van der Waals surface area contributed by atoms with E-state index in [2.05, 4.69) is 29.6 Å². The molecule has 7 nitrogen and oxygen atoms in total. The fraction of sp³-hybridized carbons (Fsp3) is 0.200. The number of carbonyl (C=O) groups is 1. The first-order valence-electron chi connectivity index (χ1n) is 3.08. The number of methoxy groups -OCH3 is 1. The van der Waals surface area contributed by atoms with Crippen LogP contribution in [0, 0.1) is 0 Å². The van der Waals surface area contributed by atoms with Crippen LogP contribution in [0.4, 0.5) is 0 Å². The molecule has 7 heteroatoms. The van der Waals surface area contributed by atoms with Gasteiger partial charge in [0.05, 0.1) is 7.11 Å². The summed E-state index contributed by atoms with van der Waals surface area (Å²) in [5.41, 5.74) is 0.589. The average molecular weight is 168 g/mol. The van der Waals surface area contributed by atoms with Gasteiger partial charge in [-0.05, 0) is 10.3 Å². The van der Waals surface area contributed by atoms with Gasteiger partial charge in [-0.25, -0.2) is 9.42 Å². The predicted octanol–water partition coefficient (Wildman–Crippen LogP) is -0.268. The zero-order chi connectivity index (χ0) is 8.55. The summed E-state index contributed by atoms with van der Waals surface area (Å²) in [6, 6.07) is 0. The Morgan fingerprint density at radius 3 is 3.08 bits per heavy atom. The van der Waals surface area contributed by atoms with Crippen molar-refractivity contribution < 1.29 is 14.2 Å². The lowest BCUT2D eigenvalue weighted by molar-refractivity contribution is 0.0588. The Bertz CT molecular complexity index is 388. The molecule has 2 heterocycles. The number of hydrogen-bond donors (Lipinski definition) is 1. The second-order valence-electron chi connectivity index (χ2n) is 2.01. The van der Waals surface area contributed by atoms with Gasteiger partial charge in [0.15, 0.2) is 0 Å².